The van der Waals surface area contributed by atoms with Crippen LogP contribution in [0.3, 0.4) is 0 Å². The molecule has 2 aromatic carbocycles. The smallest absolute Gasteiger partial charge is 0.0989 e. The Morgan fingerprint density at radius 2 is 1.83 bits per heavy atom. The molecule has 2 nitrogen and oxygen atoms in total. The second kappa shape index (κ2) is 8.13. The number of benzene rings is 2. The molecule has 0 unspecified atom stereocenters. The maximum absolute atomic E-state index is 5.97. The molecular weight excluding hydrogens is 384 g/mol. The number of aromatic nitrogens is 2. The van der Waals surface area contributed by atoms with Gasteiger partial charge in [-0.05, 0) is 41.5 Å². The van der Waals surface area contributed by atoms with Gasteiger partial charge in [0.05, 0.1) is 6.33 Å². The highest BCUT2D eigenvalue weighted by Crippen LogP contribution is 2.17. The lowest BCUT2D eigenvalue weighted by molar-refractivity contribution is 1.02. The van der Waals surface area contributed by atoms with E-state index in [1.807, 2.05) is 53.5 Å². The van der Waals surface area contributed by atoms with Gasteiger partial charge >= 0.3 is 0 Å². The van der Waals surface area contributed by atoms with Crippen molar-refractivity contribution in [2.45, 2.75) is 6.42 Å². The molecular formula is C20H16BrClN2. The second-order valence-corrected chi connectivity index (χ2v) is 6.69. The molecule has 0 fully saturated rings. The van der Waals surface area contributed by atoms with Crippen LogP contribution in [0.25, 0.3) is 11.8 Å². The van der Waals surface area contributed by atoms with Crippen LogP contribution in [0.15, 0.2) is 83.9 Å². The number of allylic oxidation sites excluding steroid dienone is 3. The molecule has 1 aromatic heterocycles. The van der Waals surface area contributed by atoms with E-state index in [0.717, 1.165) is 27.2 Å². The van der Waals surface area contributed by atoms with E-state index in [2.05, 4.69) is 51.3 Å². The Kier molecular flexibility index (Phi) is 5.68. The first kappa shape index (κ1) is 16.7. The summed E-state index contributed by atoms with van der Waals surface area (Å²) in [4.78, 5) is 4.15. The molecule has 0 radical (unpaired) electrons. The van der Waals surface area contributed by atoms with Crippen molar-refractivity contribution in [3.05, 3.63) is 100 Å². The summed E-state index contributed by atoms with van der Waals surface area (Å²) >= 11 is 9.42. The van der Waals surface area contributed by atoms with Crippen molar-refractivity contribution in [2.75, 3.05) is 0 Å². The SMILES string of the molecule is Clc1ccc(C/C(=C/C=C/c2ccc(Br)cc2)n2ccnc2)cc1. The van der Waals surface area contributed by atoms with Gasteiger partial charge in [-0.1, -0.05) is 63.9 Å². The van der Waals surface area contributed by atoms with Gasteiger partial charge in [-0.25, -0.2) is 4.98 Å². The Bertz CT molecular complexity index is 832. The van der Waals surface area contributed by atoms with Gasteiger partial charge in [0.15, 0.2) is 0 Å². The summed E-state index contributed by atoms with van der Waals surface area (Å²) in [5.74, 6) is 0. The summed E-state index contributed by atoms with van der Waals surface area (Å²) in [7, 11) is 0. The largest absolute Gasteiger partial charge is 0.310 e. The third-order valence-corrected chi connectivity index (χ3v) is 4.36. The molecule has 0 N–H and O–H groups in total. The molecule has 0 aliphatic carbocycles. The highest BCUT2D eigenvalue weighted by molar-refractivity contribution is 9.10. The number of hydrogen-bond acceptors (Lipinski definition) is 1. The minimum Gasteiger partial charge on any atom is -0.310 e. The summed E-state index contributed by atoms with van der Waals surface area (Å²) in [6, 6.07) is 16.1. The molecule has 0 bridgehead atoms. The normalized spacial score (nSPS) is 12.0. The van der Waals surface area contributed by atoms with Gasteiger partial charge in [0.1, 0.15) is 0 Å². The molecule has 0 amide bonds. The lowest BCUT2D eigenvalue weighted by atomic mass is 10.1. The zero-order chi connectivity index (χ0) is 16.8. The topological polar surface area (TPSA) is 17.8 Å². The summed E-state index contributed by atoms with van der Waals surface area (Å²) in [5, 5.41) is 0.752. The Morgan fingerprint density at radius 3 is 2.50 bits per heavy atom. The number of halogens is 2. The maximum atomic E-state index is 5.97. The number of nitrogens with zero attached hydrogens (tertiary/aromatic N) is 2. The van der Waals surface area contributed by atoms with Crippen LogP contribution in [0.1, 0.15) is 11.1 Å². The fraction of sp³-hybridized carbons (Fsp3) is 0.0500. The first-order valence-corrected chi connectivity index (χ1v) is 8.73. The third kappa shape index (κ3) is 4.70. The van der Waals surface area contributed by atoms with Gasteiger partial charge in [-0.2, -0.15) is 0 Å². The molecule has 0 saturated heterocycles. The number of imidazole rings is 1. The van der Waals surface area contributed by atoms with Crippen molar-refractivity contribution in [1.29, 1.82) is 0 Å². The molecule has 24 heavy (non-hydrogen) atoms. The average Bonchev–Trinajstić information content (AvgIpc) is 3.12. The fourth-order valence-electron chi connectivity index (χ4n) is 2.32. The van der Waals surface area contributed by atoms with Gasteiger partial charge in [-0.15, -0.1) is 0 Å². The van der Waals surface area contributed by atoms with Crippen LogP contribution < -0.4 is 0 Å². The summed E-state index contributed by atoms with van der Waals surface area (Å²) in [6.07, 6.45) is 12.6. The Morgan fingerprint density at radius 1 is 1.08 bits per heavy atom. The van der Waals surface area contributed by atoms with Crippen LogP contribution in [0.5, 0.6) is 0 Å². The van der Waals surface area contributed by atoms with E-state index < -0.39 is 0 Å². The van der Waals surface area contributed by atoms with Gasteiger partial charge in [0, 0.05) is 34.0 Å². The van der Waals surface area contributed by atoms with Crippen LogP contribution in [0.2, 0.25) is 5.02 Å². The molecule has 0 aliphatic rings. The third-order valence-electron chi connectivity index (χ3n) is 3.58. The van der Waals surface area contributed by atoms with Crippen LogP contribution in [0.4, 0.5) is 0 Å². The van der Waals surface area contributed by atoms with E-state index in [-0.39, 0.29) is 0 Å². The van der Waals surface area contributed by atoms with E-state index >= 15 is 0 Å². The number of rotatable bonds is 5. The van der Waals surface area contributed by atoms with Gasteiger partial charge in [-0.3, -0.25) is 0 Å². The Hall–Kier alpha value is -2.10. The quantitative estimate of drug-likeness (QED) is 0.474. The van der Waals surface area contributed by atoms with Gasteiger partial charge in [0.25, 0.3) is 0 Å². The first-order valence-electron chi connectivity index (χ1n) is 7.56. The molecule has 3 aromatic rings. The minimum atomic E-state index is 0.752. The van der Waals surface area contributed by atoms with Crippen molar-refractivity contribution in [1.82, 2.24) is 9.55 Å². The summed E-state index contributed by atoms with van der Waals surface area (Å²) in [5.41, 5.74) is 3.51. The van der Waals surface area contributed by atoms with E-state index in [1.54, 1.807) is 6.20 Å². The Labute approximate surface area is 155 Å². The van der Waals surface area contributed by atoms with Crippen molar-refractivity contribution >= 4 is 39.3 Å². The molecule has 3 rings (SSSR count). The zero-order valence-corrected chi connectivity index (χ0v) is 15.3. The first-order chi connectivity index (χ1) is 11.7. The van der Waals surface area contributed by atoms with Crippen molar-refractivity contribution in [2.24, 2.45) is 0 Å². The van der Waals surface area contributed by atoms with Gasteiger partial charge in [0.2, 0.25) is 0 Å². The number of hydrogen-bond donors (Lipinski definition) is 0. The summed E-state index contributed by atoms with van der Waals surface area (Å²) in [6.45, 7) is 0. The van der Waals surface area contributed by atoms with E-state index in [4.69, 9.17) is 11.6 Å². The monoisotopic (exact) mass is 398 g/mol. The van der Waals surface area contributed by atoms with Crippen LogP contribution >= 0.6 is 27.5 Å². The summed E-state index contributed by atoms with van der Waals surface area (Å²) < 4.78 is 3.11. The highest BCUT2D eigenvalue weighted by Gasteiger charge is 2.02. The average molecular weight is 400 g/mol. The van der Waals surface area contributed by atoms with Crippen molar-refractivity contribution in [3.8, 4) is 0 Å². The van der Waals surface area contributed by atoms with Crippen LogP contribution in [-0.2, 0) is 6.42 Å². The molecule has 0 spiro atoms. The van der Waals surface area contributed by atoms with Gasteiger partial charge < -0.3 is 4.57 Å². The molecule has 0 saturated carbocycles. The predicted molar refractivity (Wildman–Crippen MR) is 105 cm³/mol. The minimum absolute atomic E-state index is 0.752. The van der Waals surface area contributed by atoms with E-state index in [1.165, 1.54) is 5.56 Å². The second-order valence-electron chi connectivity index (χ2n) is 5.34. The van der Waals surface area contributed by atoms with Crippen molar-refractivity contribution in [3.63, 3.8) is 0 Å². The van der Waals surface area contributed by atoms with E-state index in [0.29, 0.717) is 0 Å². The molecule has 1 heterocycles. The van der Waals surface area contributed by atoms with Crippen molar-refractivity contribution < 1.29 is 0 Å². The molecule has 0 atom stereocenters. The fourth-order valence-corrected chi connectivity index (χ4v) is 2.71. The molecule has 4 heteroatoms. The highest BCUT2D eigenvalue weighted by atomic mass is 79.9. The molecule has 120 valence electrons. The van der Waals surface area contributed by atoms with Crippen LogP contribution in [-0.4, -0.2) is 9.55 Å². The predicted octanol–water partition coefficient (Wildman–Crippen LogP) is 6.10. The van der Waals surface area contributed by atoms with Crippen LogP contribution in [0, 0.1) is 0 Å². The standard InChI is InChI=1S/C20H16BrClN2/c21-18-8-4-16(5-9-18)2-1-3-20(24-13-12-23-15-24)14-17-6-10-19(22)11-7-17/h1-13,15H,14H2/b2-1+,20-3-. The Balaban J connectivity index is 1.81. The lowest BCUT2D eigenvalue weighted by Gasteiger charge is -2.08. The lowest BCUT2D eigenvalue weighted by Crippen LogP contribution is -1.97. The molecule has 0 aliphatic heterocycles. The zero-order valence-electron chi connectivity index (χ0n) is 12.9. The maximum Gasteiger partial charge on any atom is 0.0989 e. The van der Waals surface area contributed by atoms with E-state index in [9.17, 15) is 0 Å².